The quantitative estimate of drug-likeness (QED) is 0.702. The number of ether oxygens (including phenoxy) is 2. The van der Waals surface area contributed by atoms with Crippen molar-refractivity contribution in [3.8, 4) is 0 Å². The Hall–Kier alpha value is -2.03. The number of benzene rings is 1. The molecule has 3 aliphatic rings. The van der Waals surface area contributed by atoms with Crippen molar-refractivity contribution in [2.24, 2.45) is 0 Å². The molecule has 3 heterocycles. The average molecular weight is 405 g/mol. The Labute approximate surface area is 170 Å². The van der Waals surface area contributed by atoms with E-state index in [1.807, 2.05) is 12.1 Å². The molecule has 0 N–H and O–H groups in total. The van der Waals surface area contributed by atoms with Crippen molar-refractivity contribution in [3.05, 3.63) is 35.6 Å². The van der Waals surface area contributed by atoms with Crippen LogP contribution in [-0.2, 0) is 14.3 Å². The Morgan fingerprint density at radius 3 is 2.28 bits per heavy atom. The Kier molecular flexibility index (Phi) is 5.59. The summed E-state index contributed by atoms with van der Waals surface area (Å²) in [6, 6.07) is 6.38. The number of rotatable bonds is 5. The molecule has 0 saturated carbocycles. The van der Waals surface area contributed by atoms with Crippen LogP contribution in [0.4, 0.5) is 9.18 Å². The van der Waals surface area contributed by atoms with Crippen molar-refractivity contribution < 1.29 is 23.5 Å². The van der Waals surface area contributed by atoms with Crippen LogP contribution in [0.25, 0.3) is 0 Å². The minimum atomic E-state index is -0.717. The number of carbonyl (C=O) groups excluding carboxylic acids is 2. The van der Waals surface area contributed by atoms with E-state index in [-0.39, 0.29) is 30.0 Å². The molecule has 0 aliphatic carbocycles. The second-order valence-corrected chi connectivity index (χ2v) is 8.19. The van der Waals surface area contributed by atoms with E-state index in [1.54, 1.807) is 19.0 Å². The van der Waals surface area contributed by atoms with Gasteiger partial charge in [-0.25, -0.2) is 9.18 Å². The van der Waals surface area contributed by atoms with Gasteiger partial charge in [-0.1, -0.05) is 12.1 Å². The van der Waals surface area contributed by atoms with Gasteiger partial charge in [0.05, 0.1) is 13.2 Å². The van der Waals surface area contributed by atoms with Crippen molar-refractivity contribution in [2.45, 2.75) is 37.0 Å². The fraction of sp³-hybridized carbons (Fsp3) is 0.619. The van der Waals surface area contributed by atoms with Gasteiger partial charge in [-0.05, 0) is 30.5 Å². The van der Waals surface area contributed by atoms with E-state index in [9.17, 15) is 14.0 Å². The first kappa shape index (κ1) is 20.3. The lowest BCUT2D eigenvalue weighted by atomic mass is 9.85. The Morgan fingerprint density at radius 1 is 1.10 bits per heavy atom. The first-order valence-corrected chi connectivity index (χ1v) is 10.2. The topological polar surface area (TPSA) is 62.3 Å². The van der Waals surface area contributed by atoms with Gasteiger partial charge in [0.2, 0.25) is 0 Å². The largest absolute Gasteiger partial charge is 0.350 e. The molecule has 29 heavy (non-hydrogen) atoms. The fourth-order valence-electron chi connectivity index (χ4n) is 4.74. The van der Waals surface area contributed by atoms with Gasteiger partial charge >= 0.3 is 6.03 Å². The number of piperidine rings is 1. The second-order valence-electron chi connectivity index (χ2n) is 8.19. The summed E-state index contributed by atoms with van der Waals surface area (Å²) in [6.07, 6.45) is 1.69. The second kappa shape index (κ2) is 8.01. The third-order valence-corrected chi connectivity index (χ3v) is 6.59. The standard InChI is InChI=1S/C21H28FN3O4/c1-23-19(26)21(24(2)20(23)27)7-9-25(10-8-21)14-16(13-18-28-11-12-29-18)15-3-5-17(22)6-4-15/h3-6,16,18H,7-14H2,1-2H3/t16-/m0/s1. The molecule has 3 saturated heterocycles. The highest BCUT2D eigenvalue weighted by Gasteiger charge is 2.55. The summed E-state index contributed by atoms with van der Waals surface area (Å²) in [6.45, 7) is 3.42. The number of likely N-dealkylation sites (tertiary alicyclic amines) is 1. The van der Waals surface area contributed by atoms with Crippen molar-refractivity contribution >= 4 is 11.9 Å². The number of amides is 3. The van der Waals surface area contributed by atoms with Crippen LogP contribution in [0.1, 0.15) is 30.7 Å². The lowest BCUT2D eigenvalue weighted by Crippen LogP contribution is -2.55. The van der Waals surface area contributed by atoms with Gasteiger partial charge in [-0.3, -0.25) is 9.69 Å². The van der Waals surface area contributed by atoms with Crippen LogP contribution in [0.2, 0.25) is 0 Å². The summed E-state index contributed by atoms with van der Waals surface area (Å²) in [7, 11) is 3.27. The maximum Gasteiger partial charge on any atom is 0.327 e. The molecule has 3 amide bonds. The third kappa shape index (κ3) is 3.76. The zero-order chi connectivity index (χ0) is 20.6. The van der Waals surface area contributed by atoms with Crippen LogP contribution in [0.5, 0.6) is 0 Å². The summed E-state index contributed by atoms with van der Waals surface area (Å²) in [5.41, 5.74) is 0.334. The first-order valence-electron chi connectivity index (χ1n) is 10.2. The molecule has 158 valence electrons. The maximum absolute atomic E-state index is 13.4. The van der Waals surface area contributed by atoms with Crippen LogP contribution in [0, 0.1) is 5.82 Å². The number of imide groups is 1. The molecule has 8 heteroatoms. The smallest absolute Gasteiger partial charge is 0.327 e. The molecule has 0 bridgehead atoms. The molecule has 7 nitrogen and oxygen atoms in total. The minimum absolute atomic E-state index is 0.104. The number of carbonyl (C=O) groups is 2. The number of likely N-dealkylation sites (N-methyl/N-ethyl adjacent to an activating group) is 2. The molecule has 1 aromatic carbocycles. The highest BCUT2D eigenvalue weighted by atomic mass is 19.1. The minimum Gasteiger partial charge on any atom is -0.350 e. The normalized spacial score (nSPS) is 24.1. The third-order valence-electron chi connectivity index (χ3n) is 6.59. The molecule has 0 unspecified atom stereocenters. The van der Waals surface area contributed by atoms with Crippen LogP contribution in [0.15, 0.2) is 24.3 Å². The molecular formula is C21H28FN3O4. The number of nitrogens with zero attached hydrogens (tertiary/aromatic N) is 3. The van der Waals surface area contributed by atoms with Gasteiger partial charge < -0.3 is 19.3 Å². The van der Waals surface area contributed by atoms with Crippen LogP contribution in [-0.4, -0.2) is 85.4 Å². The summed E-state index contributed by atoms with van der Waals surface area (Å²) in [5, 5.41) is 0. The lowest BCUT2D eigenvalue weighted by molar-refractivity contribution is -0.134. The van der Waals surface area contributed by atoms with Crippen molar-refractivity contribution in [3.63, 3.8) is 0 Å². The van der Waals surface area contributed by atoms with E-state index in [4.69, 9.17) is 9.47 Å². The molecule has 4 rings (SSSR count). The van der Waals surface area contributed by atoms with Gasteiger partial charge in [0, 0.05) is 46.1 Å². The van der Waals surface area contributed by atoms with E-state index in [1.165, 1.54) is 17.0 Å². The van der Waals surface area contributed by atoms with Crippen LogP contribution in [0.3, 0.4) is 0 Å². The van der Waals surface area contributed by atoms with Gasteiger partial charge in [0.15, 0.2) is 6.29 Å². The molecule has 3 aliphatic heterocycles. The number of halogens is 1. The van der Waals surface area contributed by atoms with Gasteiger partial charge in [-0.15, -0.1) is 0 Å². The number of urea groups is 1. The highest BCUT2D eigenvalue weighted by Crippen LogP contribution is 2.36. The summed E-state index contributed by atoms with van der Waals surface area (Å²) in [4.78, 5) is 30.1. The Balaban J connectivity index is 1.44. The zero-order valence-electron chi connectivity index (χ0n) is 17.0. The summed E-state index contributed by atoms with van der Waals surface area (Å²) >= 11 is 0. The van der Waals surface area contributed by atoms with Crippen molar-refractivity contribution in [2.75, 3.05) is 46.9 Å². The lowest BCUT2D eigenvalue weighted by Gasteiger charge is -2.42. The van der Waals surface area contributed by atoms with Gasteiger partial charge in [0.25, 0.3) is 5.91 Å². The Morgan fingerprint density at radius 2 is 1.72 bits per heavy atom. The molecule has 1 aromatic rings. The van der Waals surface area contributed by atoms with E-state index < -0.39 is 5.54 Å². The predicted octanol–water partition coefficient (Wildman–Crippen LogP) is 2.03. The number of hydrogen-bond donors (Lipinski definition) is 0. The molecular weight excluding hydrogens is 377 g/mol. The van der Waals surface area contributed by atoms with E-state index in [0.717, 1.165) is 25.2 Å². The van der Waals surface area contributed by atoms with E-state index in [0.29, 0.717) is 32.5 Å². The molecule has 0 radical (unpaired) electrons. The van der Waals surface area contributed by atoms with E-state index in [2.05, 4.69) is 4.90 Å². The predicted molar refractivity (Wildman–Crippen MR) is 104 cm³/mol. The summed E-state index contributed by atoms with van der Waals surface area (Å²) in [5.74, 6) is -0.223. The average Bonchev–Trinajstić information content (AvgIpc) is 3.29. The van der Waals surface area contributed by atoms with Crippen molar-refractivity contribution in [1.29, 1.82) is 0 Å². The fourth-order valence-corrected chi connectivity index (χ4v) is 4.74. The molecule has 3 fully saturated rings. The van der Waals surface area contributed by atoms with Crippen molar-refractivity contribution in [1.82, 2.24) is 14.7 Å². The monoisotopic (exact) mass is 405 g/mol. The number of hydrogen-bond acceptors (Lipinski definition) is 5. The SMILES string of the molecule is CN1C(=O)N(C)C2(CCN(C[C@H](CC3OCCO3)c3ccc(F)cc3)CC2)C1=O. The Bertz CT molecular complexity index is 758. The molecule has 0 aromatic heterocycles. The van der Waals surface area contributed by atoms with E-state index >= 15 is 0 Å². The highest BCUT2D eigenvalue weighted by molar-refractivity contribution is 6.06. The molecule has 1 spiro atoms. The molecule has 1 atom stereocenters. The zero-order valence-corrected chi connectivity index (χ0v) is 17.0. The summed E-state index contributed by atoms with van der Waals surface area (Å²) < 4.78 is 24.7. The first-order chi connectivity index (χ1) is 13.9. The van der Waals surface area contributed by atoms with Crippen LogP contribution >= 0.6 is 0 Å². The van der Waals surface area contributed by atoms with Crippen LogP contribution < -0.4 is 0 Å². The maximum atomic E-state index is 13.4. The van der Waals surface area contributed by atoms with Gasteiger partial charge in [0.1, 0.15) is 11.4 Å². The van der Waals surface area contributed by atoms with Gasteiger partial charge in [-0.2, -0.15) is 0 Å².